The number of hydrogen-bond donors (Lipinski definition) is 5. The first-order chi connectivity index (χ1) is 23.5. The van der Waals surface area contributed by atoms with Crippen LogP contribution in [0.5, 0.6) is 11.5 Å². The van der Waals surface area contributed by atoms with Crippen LogP contribution in [0.3, 0.4) is 0 Å². The number of nitrogens with zero attached hydrogens (tertiary/aromatic N) is 1. The Kier molecular flexibility index (Phi) is 12.4. The third-order valence-corrected chi connectivity index (χ3v) is 11.5. The molecule has 0 saturated carbocycles. The van der Waals surface area contributed by atoms with E-state index < -0.39 is 33.1 Å². The van der Waals surface area contributed by atoms with E-state index in [-0.39, 0.29) is 85.3 Å². The largest absolute Gasteiger partial charge is 1.00 e. The van der Waals surface area contributed by atoms with Gasteiger partial charge in [-0.3, -0.25) is 0 Å². The molecule has 6 aliphatic rings. The third-order valence-electron chi connectivity index (χ3n) is 10.2. The Hall–Kier alpha value is -2.94. The number of allylic oxidation sites excluding steroid dienone is 1. The topological polar surface area (TPSA) is 201 Å². The molecule has 7 atom stereocenters. The van der Waals surface area contributed by atoms with Crippen LogP contribution in [0.4, 0.5) is 0 Å². The van der Waals surface area contributed by atoms with E-state index in [4.69, 9.17) is 20.9 Å². The average molecular weight is 714 g/mol. The molecular formula is C37H44N3NaO8S. The number of aromatic hydroxyl groups is 1. The van der Waals surface area contributed by atoms with Crippen molar-refractivity contribution in [2.24, 2.45) is 28.3 Å². The standard InChI is InChI=1S/C37H45N3O8S.Na/c38-36(39)40-37(17-1-18-41)28-9-5-24(6-10-28)34-26-20-27(35(47-31(21-26)16-19-42)25-7-11-29(43)12-8-25)22-32(34)33(49(44,45)46)15-4-23-2-13-30(48-37)14-3-23;/h2-3,5-14,22,26,31-35,41-43H,1,4,15-21H2,(H4,38,39,40)(H,44,45,46);/q;+1/p-1/t26-,31+,32+,33+,34+,35-,37-;/m0./s1. The van der Waals surface area contributed by atoms with E-state index in [9.17, 15) is 28.3 Å². The Bertz CT molecular complexity index is 1770. The van der Waals surface area contributed by atoms with Crippen molar-refractivity contribution >= 4 is 16.1 Å². The van der Waals surface area contributed by atoms with Crippen LogP contribution < -0.4 is 45.8 Å². The van der Waals surface area contributed by atoms with Crippen molar-refractivity contribution in [3.05, 3.63) is 107 Å². The number of ether oxygens (including phenoxy) is 2. The van der Waals surface area contributed by atoms with Gasteiger partial charge >= 0.3 is 29.6 Å². The van der Waals surface area contributed by atoms with E-state index in [1.165, 1.54) is 0 Å². The maximum Gasteiger partial charge on any atom is 1.00 e. The molecule has 0 unspecified atom stereocenters. The SMILES string of the molecule is NC(N)=N[C@@]1(CCCO)Oc2ccc(cc2)CC[C@@H](S(=O)(=O)[O-])[C@H]2C=C3C[C@@H](C[C@@H](CCO)O[C@H]3c3ccc(O)cc3)[C@H]2c2ccc1cc2.[Na+]. The Balaban J connectivity index is 0.00000486. The number of fused-ring (bicyclic) bond motifs is 2. The van der Waals surface area contributed by atoms with Crippen LogP contribution in [-0.4, -0.2) is 58.8 Å². The summed E-state index contributed by atoms with van der Waals surface area (Å²) in [6, 6.07) is 21.5. The van der Waals surface area contributed by atoms with Gasteiger partial charge < -0.3 is 40.8 Å². The van der Waals surface area contributed by atoms with Gasteiger partial charge in [0, 0.05) is 25.2 Å². The summed E-state index contributed by atoms with van der Waals surface area (Å²) in [6.45, 7) is -0.187. The number of aliphatic hydroxyl groups is 2. The van der Waals surface area contributed by atoms with Gasteiger partial charge in [0.05, 0.1) is 21.5 Å². The minimum Gasteiger partial charge on any atom is -0.748 e. The van der Waals surface area contributed by atoms with Crippen LogP contribution >= 0.6 is 0 Å². The van der Waals surface area contributed by atoms with Gasteiger partial charge in [-0.2, -0.15) is 0 Å². The van der Waals surface area contributed by atoms with Gasteiger partial charge in [0.2, 0.25) is 5.72 Å². The molecule has 1 saturated heterocycles. The molecule has 3 aromatic carbocycles. The molecule has 0 aromatic heterocycles. The van der Waals surface area contributed by atoms with E-state index in [2.05, 4.69) is 4.99 Å². The summed E-state index contributed by atoms with van der Waals surface area (Å²) >= 11 is 0. The van der Waals surface area contributed by atoms with Crippen molar-refractivity contribution in [2.75, 3.05) is 13.2 Å². The van der Waals surface area contributed by atoms with Crippen LogP contribution in [0, 0.1) is 11.8 Å². The van der Waals surface area contributed by atoms with Crippen molar-refractivity contribution in [2.45, 2.75) is 74.0 Å². The zero-order chi connectivity index (χ0) is 34.8. The van der Waals surface area contributed by atoms with E-state index in [1.807, 2.05) is 42.5 Å². The van der Waals surface area contributed by atoms with Gasteiger partial charge in [-0.25, -0.2) is 13.4 Å². The number of aryl methyl sites for hydroxylation is 1. The fourth-order valence-corrected chi connectivity index (χ4v) is 9.05. The van der Waals surface area contributed by atoms with Gasteiger partial charge in [-0.1, -0.05) is 54.6 Å². The summed E-state index contributed by atoms with van der Waals surface area (Å²) in [5.74, 6) is -0.727. The molecule has 0 amide bonds. The normalized spacial score (nSPS) is 27.7. The first-order valence-corrected chi connectivity index (χ1v) is 18.3. The van der Waals surface area contributed by atoms with Crippen LogP contribution in [0.25, 0.3) is 0 Å². The summed E-state index contributed by atoms with van der Waals surface area (Å²) < 4.78 is 52.9. The predicted molar refractivity (Wildman–Crippen MR) is 184 cm³/mol. The van der Waals surface area contributed by atoms with Gasteiger partial charge in [-0.05, 0) is 103 Å². The molecule has 1 aliphatic carbocycles. The number of phenols is 1. The number of benzene rings is 3. The first kappa shape index (κ1) is 38.3. The Labute approximate surface area is 315 Å². The maximum absolute atomic E-state index is 13.2. The molecule has 262 valence electrons. The molecule has 7 N–H and O–H groups in total. The molecule has 13 heteroatoms. The van der Waals surface area contributed by atoms with Gasteiger partial charge in [0.15, 0.2) is 5.96 Å². The second kappa shape index (κ2) is 16.2. The zero-order valence-electron chi connectivity index (χ0n) is 28.2. The van der Waals surface area contributed by atoms with Crippen molar-refractivity contribution < 1.29 is 67.3 Å². The predicted octanol–water partition coefficient (Wildman–Crippen LogP) is 1.09. The number of guanidine groups is 1. The van der Waals surface area contributed by atoms with Crippen LogP contribution in [0.15, 0.2) is 89.4 Å². The first-order valence-electron chi connectivity index (χ1n) is 16.8. The van der Waals surface area contributed by atoms with Crippen LogP contribution in [0.2, 0.25) is 0 Å². The summed E-state index contributed by atoms with van der Waals surface area (Å²) in [6.07, 6.45) is 3.69. The van der Waals surface area contributed by atoms with Gasteiger partial charge in [-0.15, -0.1) is 0 Å². The number of aliphatic imine (C=N–C) groups is 1. The van der Waals surface area contributed by atoms with Crippen molar-refractivity contribution in [3.63, 3.8) is 0 Å². The summed E-state index contributed by atoms with van der Waals surface area (Å²) in [4.78, 5) is 4.56. The van der Waals surface area contributed by atoms with E-state index >= 15 is 0 Å². The van der Waals surface area contributed by atoms with E-state index in [0.717, 1.165) is 22.3 Å². The molecule has 3 aromatic rings. The minimum absolute atomic E-state index is 0. The van der Waals surface area contributed by atoms with Crippen molar-refractivity contribution in [1.29, 1.82) is 0 Å². The zero-order valence-corrected chi connectivity index (χ0v) is 31.0. The number of phenolic OH excluding ortho intramolecular Hbond substituents is 1. The monoisotopic (exact) mass is 713 g/mol. The molecule has 9 rings (SSSR count). The van der Waals surface area contributed by atoms with E-state index in [0.29, 0.717) is 43.4 Å². The van der Waals surface area contributed by atoms with Gasteiger partial charge in [0.25, 0.3) is 0 Å². The molecule has 0 spiro atoms. The quantitative estimate of drug-likeness (QED) is 0.0740. The smallest absolute Gasteiger partial charge is 0.748 e. The summed E-state index contributed by atoms with van der Waals surface area (Å²) in [7, 11) is -4.78. The Morgan fingerprint density at radius 1 is 0.960 bits per heavy atom. The van der Waals surface area contributed by atoms with Crippen LogP contribution in [0.1, 0.15) is 72.8 Å². The summed E-state index contributed by atoms with van der Waals surface area (Å²) in [5, 5.41) is 28.5. The van der Waals surface area contributed by atoms with Gasteiger partial charge in [0.1, 0.15) is 17.6 Å². The second-order valence-corrected chi connectivity index (χ2v) is 15.0. The number of rotatable bonds is 8. The molecule has 6 bridgehead atoms. The number of aliphatic hydroxyl groups excluding tert-OH is 2. The molecule has 5 heterocycles. The molecule has 11 nitrogen and oxygen atoms in total. The van der Waals surface area contributed by atoms with Crippen molar-refractivity contribution in [3.8, 4) is 11.5 Å². The number of hydrogen-bond acceptors (Lipinski definition) is 9. The van der Waals surface area contributed by atoms with Crippen LogP contribution in [-0.2, 0) is 27.0 Å². The molecule has 1 fully saturated rings. The number of nitrogens with two attached hydrogens (primary N) is 2. The third kappa shape index (κ3) is 8.40. The average Bonchev–Trinajstić information content (AvgIpc) is 3.20. The molecule has 5 aliphatic heterocycles. The van der Waals surface area contributed by atoms with Crippen molar-refractivity contribution in [1.82, 2.24) is 0 Å². The summed E-state index contributed by atoms with van der Waals surface area (Å²) in [5.41, 5.74) is 14.5. The maximum atomic E-state index is 13.2. The van der Waals surface area contributed by atoms with E-state index in [1.54, 1.807) is 36.4 Å². The Morgan fingerprint density at radius 3 is 2.26 bits per heavy atom. The Morgan fingerprint density at radius 2 is 1.64 bits per heavy atom. The fraction of sp³-hybridized carbons (Fsp3) is 0.432. The second-order valence-electron chi connectivity index (χ2n) is 13.4. The molecule has 50 heavy (non-hydrogen) atoms. The fourth-order valence-electron chi connectivity index (χ4n) is 8.01. The molecule has 0 radical (unpaired) electrons. The molecular weight excluding hydrogens is 669 g/mol. The minimum atomic E-state index is -4.78.